The molecule has 0 radical (unpaired) electrons. The van der Waals surface area contributed by atoms with E-state index in [1.807, 2.05) is 0 Å². The molecule has 0 heterocycles. The van der Waals surface area contributed by atoms with Gasteiger partial charge < -0.3 is 4.90 Å². The Bertz CT molecular complexity index is 467. The highest BCUT2D eigenvalue weighted by atomic mass is 127. The molecule has 0 unspecified atom stereocenters. The Morgan fingerprint density at radius 3 is 2.61 bits per heavy atom. The molecule has 0 amide bonds. The molecule has 2 rings (SSSR count). The van der Waals surface area contributed by atoms with Crippen LogP contribution in [0, 0.1) is 3.57 Å². The fraction of sp³-hybridized carbons (Fsp3) is 0.375. The Balaban J connectivity index is 2.15. The molecule has 0 saturated heterocycles. The van der Waals surface area contributed by atoms with Crippen LogP contribution >= 0.6 is 22.6 Å². The molecular formula is C16H20IN-2. The van der Waals surface area contributed by atoms with E-state index in [2.05, 4.69) is 91.0 Å². The first-order valence-electron chi connectivity index (χ1n) is 6.38. The summed E-state index contributed by atoms with van der Waals surface area (Å²) in [6.45, 7) is 2.32. The van der Waals surface area contributed by atoms with Crippen molar-refractivity contribution in [1.82, 2.24) is 4.90 Å². The second kappa shape index (κ2) is 6.02. The zero-order valence-electron chi connectivity index (χ0n) is 11.2. The largest absolute Gasteiger partial charge is 0.313 e. The lowest BCUT2D eigenvalue weighted by molar-refractivity contribution is 0.271. The molecule has 0 saturated carbocycles. The fourth-order valence-electron chi connectivity index (χ4n) is 2.49. The van der Waals surface area contributed by atoms with Crippen molar-refractivity contribution in [3.05, 3.63) is 57.2 Å². The fourth-order valence-corrected chi connectivity index (χ4v) is 3.23. The summed E-state index contributed by atoms with van der Waals surface area (Å²) in [7, 11) is 4.34. The zero-order chi connectivity index (χ0) is 13.1. The van der Waals surface area contributed by atoms with Crippen molar-refractivity contribution in [3.8, 4) is 0 Å². The molecule has 98 valence electrons. The van der Waals surface area contributed by atoms with Gasteiger partial charge in [-0.15, -0.1) is 9.13 Å². The molecule has 2 atom stereocenters. The molecule has 0 N–H and O–H groups in total. The minimum atomic E-state index is 0.497. The quantitative estimate of drug-likeness (QED) is 0.564. The second-order valence-electron chi connectivity index (χ2n) is 5.16. The summed E-state index contributed by atoms with van der Waals surface area (Å²) in [6.07, 6.45) is 1.16. The minimum Gasteiger partial charge on any atom is -0.313 e. The maximum Gasteiger partial charge on any atom is -0.00931 e. The molecule has 2 heteroatoms. The van der Waals surface area contributed by atoms with Gasteiger partial charge in [0.25, 0.3) is 0 Å². The third-order valence-corrected chi connectivity index (χ3v) is 4.59. The van der Waals surface area contributed by atoms with Gasteiger partial charge in [-0.1, -0.05) is 29.5 Å². The van der Waals surface area contributed by atoms with Gasteiger partial charge in [0.15, 0.2) is 0 Å². The summed E-state index contributed by atoms with van der Waals surface area (Å²) in [5, 5.41) is 0. The molecule has 1 nitrogen and oxygen atoms in total. The van der Waals surface area contributed by atoms with Crippen LogP contribution in [0.15, 0.2) is 42.5 Å². The van der Waals surface area contributed by atoms with Gasteiger partial charge in [-0.25, -0.2) is 24.3 Å². The van der Waals surface area contributed by atoms with E-state index in [1.165, 1.54) is 14.7 Å². The van der Waals surface area contributed by atoms with Crippen molar-refractivity contribution in [3.63, 3.8) is 0 Å². The van der Waals surface area contributed by atoms with Crippen LogP contribution in [0.25, 0.3) is 0 Å². The summed E-state index contributed by atoms with van der Waals surface area (Å²) in [4.78, 5) is 2.33. The SMILES string of the molecule is C[C@H](C[C@H]([c-]1cccc1I)N(C)C)c1ccc[cH-]1. The van der Waals surface area contributed by atoms with E-state index in [0.29, 0.717) is 12.0 Å². The van der Waals surface area contributed by atoms with Crippen LogP contribution in [-0.2, 0) is 0 Å². The maximum absolute atomic E-state index is 2.44. The summed E-state index contributed by atoms with van der Waals surface area (Å²) >= 11 is 2.44. The van der Waals surface area contributed by atoms with Crippen LogP contribution < -0.4 is 0 Å². The lowest BCUT2D eigenvalue weighted by Crippen LogP contribution is -2.21. The third-order valence-electron chi connectivity index (χ3n) is 3.61. The Morgan fingerprint density at radius 2 is 2.11 bits per heavy atom. The maximum atomic E-state index is 2.44. The normalized spacial score (nSPS) is 14.9. The van der Waals surface area contributed by atoms with E-state index in [-0.39, 0.29) is 0 Å². The van der Waals surface area contributed by atoms with Gasteiger partial charge in [-0.3, -0.25) is 0 Å². The topological polar surface area (TPSA) is 3.24 Å². The number of rotatable bonds is 5. The Kier molecular flexibility index (Phi) is 4.62. The van der Waals surface area contributed by atoms with E-state index >= 15 is 0 Å². The zero-order valence-corrected chi connectivity index (χ0v) is 13.4. The molecule has 18 heavy (non-hydrogen) atoms. The molecule has 2 aromatic carbocycles. The summed E-state index contributed by atoms with van der Waals surface area (Å²) in [6, 6.07) is 15.8. The van der Waals surface area contributed by atoms with Gasteiger partial charge in [0, 0.05) is 0 Å². The summed E-state index contributed by atoms with van der Waals surface area (Å²) in [5.41, 5.74) is 2.91. The van der Waals surface area contributed by atoms with Crippen LogP contribution in [0.3, 0.4) is 0 Å². The number of halogens is 1. The van der Waals surface area contributed by atoms with E-state index < -0.39 is 0 Å². The van der Waals surface area contributed by atoms with E-state index in [9.17, 15) is 0 Å². The predicted molar refractivity (Wildman–Crippen MR) is 86.2 cm³/mol. The Hall–Kier alpha value is -0.610. The number of nitrogens with zero attached hydrogens (tertiary/aromatic N) is 1. The van der Waals surface area contributed by atoms with Gasteiger partial charge in [-0.05, 0) is 32.5 Å². The highest BCUT2D eigenvalue weighted by Gasteiger charge is 2.15. The van der Waals surface area contributed by atoms with Crippen LogP contribution in [0.5, 0.6) is 0 Å². The van der Waals surface area contributed by atoms with E-state index in [0.717, 1.165) is 6.42 Å². The van der Waals surface area contributed by atoms with Crippen LogP contribution in [0.4, 0.5) is 0 Å². The first-order valence-corrected chi connectivity index (χ1v) is 7.46. The monoisotopic (exact) mass is 353 g/mol. The van der Waals surface area contributed by atoms with Crippen molar-refractivity contribution < 1.29 is 0 Å². The minimum absolute atomic E-state index is 0.497. The van der Waals surface area contributed by atoms with E-state index in [4.69, 9.17) is 0 Å². The van der Waals surface area contributed by atoms with Gasteiger partial charge in [0.1, 0.15) is 0 Å². The number of hydrogen-bond donors (Lipinski definition) is 0. The van der Waals surface area contributed by atoms with Crippen LogP contribution in [-0.4, -0.2) is 19.0 Å². The smallest absolute Gasteiger partial charge is 0.00931 e. The molecule has 0 aliphatic carbocycles. The van der Waals surface area contributed by atoms with Gasteiger partial charge in [0.05, 0.1) is 0 Å². The molecule has 0 spiro atoms. The summed E-state index contributed by atoms with van der Waals surface area (Å²) < 4.78 is 1.38. The van der Waals surface area contributed by atoms with Gasteiger partial charge >= 0.3 is 0 Å². The van der Waals surface area contributed by atoms with Crippen LogP contribution in [0.2, 0.25) is 0 Å². The number of hydrogen-bond acceptors (Lipinski definition) is 1. The van der Waals surface area contributed by atoms with Gasteiger partial charge in [-0.2, -0.15) is 23.8 Å². The van der Waals surface area contributed by atoms with Crippen molar-refractivity contribution in [1.29, 1.82) is 0 Å². The molecule has 0 aliphatic rings. The predicted octanol–water partition coefficient (Wildman–Crippen LogP) is 4.53. The highest BCUT2D eigenvalue weighted by Crippen LogP contribution is 2.33. The van der Waals surface area contributed by atoms with Crippen molar-refractivity contribution in [2.24, 2.45) is 0 Å². The molecule has 2 aromatic rings. The first kappa shape index (κ1) is 13.8. The molecular weight excluding hydrogens is 333 g/mol. The Morgan fingerprint density at radius 1 is 1.33 bits per heavy atom. The molecule has 0 aromatic heterocycles. The average Bonchev–Trinajstić information content (AvgIpc) is 2.96. The Labute approximate surface area is 124 Å². The lowest BCUT2D eigenvalue weighted by Gasteiger charge is -2.32. The second-order valence-corrected chi connectivity index (χ2v) is 6.33. The van der Waals surface area contributed by atoms with E-state index in [1.54, 1.807) is 0 Å². The molecule has 0 aliphatic heterocycles. The summed E-state index contributed by atoms with van der Waals surface area (Å²) in [5.74, 6) is 0.595. The lowest BCUT2D eigenvalue weighted by atomic mass is 9.92. The standard InChI is InChI=1S/C16H20IN/c1-12(13-7-4-5-8-13)11-16(18(2)3)14-9-6-10-15(14)17/h4-10,12,16H,11H2,1-3H3/q-2/t12-,16-/m1/s1. The van der Waals surface area contributed by atoms with Gasteiger partial charge in [0.2, 0.25) is 0 Å². The van der Waals surface area contributed by atoms with Crippen LogP contribution in [0.1, 0.15) is 36.4 Å². The van der Waals surface area contributed by atoms with Crippen molar-refractivity contribution in [2.45, 2.75) is 25.3 Å². The third kappa shape index (κ3) is 3.04. The average molecular weight is 353 g/mol. The molecule has 0 bridgehead atoms. The first-order chi connectivity index (χ1) is 8.59. The van der Waals surface area contributed by atoms with Crippen molar-refractivity contribution >= 4 is 22.6 Å². The van der Waals surface area contributed by atoms with Crippen molar-refractivity contribution in [2.75, 3.05) is 14.1 Å². The molecule has 0 fully saturated rings. The highest BCUT2D eigenvalue weighted by molar-refractivity contribution is 14.1.